The molecule has 1 aliphatic heterocycles. The first-order chi connectivity index (χ1) is 13.6. The molecule has 158 valence electrons. The van der Waals surface area contributed by atoms with Gasteiger partial charge in [0.25, 0.3) is 0 Å². The molecule has 29 heavy (non-hydrogen) atoms. The number of carbonyl (C=O) groups excluding carboxylic acids is 3. The summed E-state index contributed by atoms with van der Waals surface area (Å²) in [6.45, 7) is 4.87. The Kier molecular flexibility index (Phi) is 7.02. The average Bonchev–Trinajstić information content (AvgIpc) is 2.64. The molecule has 1 aliphatic rings. The number of benzene rings is 1. The normalized spacial score (nSPS) is 16.7. The summed E-state index contributed by atoms with van der Waals surface area (Å²) < 4.78 is 33.8. The van der Waals surface area contributed by atoms with Crippen molar-refractivity contribution < 1.29 is 32.3 Å². The Balaban J connectivity index is 2.31. The van der Waals surface area contributed by atoms with Crippen molar-refractivity contribution in [2.45, 2.75) is 38.1 Å². The number of rotatable bonds is 7. The third kappa shape index (κ3) is 5.35. The number of hydrogen-bond acceptors (Lipinski definition) is 7. The van der Waals surface area contributed by atoms with Crippen LogP contribution in [0.3, 0.4) is 0 Å². The van der Waals surface area contributed by atoms with Crippen molar-refractivity contribution >= 4 is 27.8 Å². The minimum Gasteiger partial charge on any atom is -0.463 e. The predicted octanol–water partition coefficient (Wildman–Crippen LogP) is 1.46. The number of nitrogens with one attached hydrogen (secondary N) is 2. The Morgan fingerprint density at radius 3 is 2.41 bits per heavy atom. The zero-order chi connectivity index (χ0) is 21.8. The van der Waals surface area contributed by atoms with Crippen molar-refractivity contribution in [3.05, 3.63) is 40.6 Å². The first-order valence-corrected chi connectivity index (χ1v) is 10.9. The molecule has 10 heteroatoms. The molecule has 0 saturated carbocycles. The summed E-state index contributed by atoms with van der Waals surface area (Å²) in [4.78, 5) is 36.7. The smallest absolute Gasteiger partial charge is 0.338 e. The van der Waals surface area contributed by atoms with Gasteiger partial charge < -0.3 is 20.1 Å². The predicted molar refractivity (Wildman–Crippen MR) is 104 cm³/mol. The van der Waals surface area contributed by atoms with Crippen LogP contribution >= 0.6 is 0 Å². The van der Waals surface area contributed by atoms with Crippen LogP contribution in [0.4, 0.5) is 4.79 Å². The minimum absolute atomic E-state index is 0.0114. The lowest BCUT2D eigenvalue weighted by molar-refractivity contribution is -0.139. The molecule has 0 saturated heterocycles. The van der Waals surface area contributed by atoms with Gasteiger partial charge in [-0.2, -0.15) is 0 Å². The SMILES string of the molecule is CCOC(=O)C1=C(COC(=O)c2cc(S(C)(=O)=O)ccc2C)NC(=O)N[C@@H]1CC. The van der Waals surface area contributed by atoms with Gasteiger partial charge in [0, 0.05) is 6.26 Å². The molecule has 0 bridgehead atoms. The van der Waals surface area contributed by atoms with Gasteiger partial charge in [0.05, 0.1) is 34.4 Å². The van der Waals surface area contributed by atoms with E-state index in [1.807, 2.05) is 0 Å². The van der Waals surface area contributed by atoms with Gasteiger partial charge in [-0.3, -0.25) is 0 Å². The fourth-order valence-corrected chi connectivity index (χ4v) is 3.49. The summed E-state index contributed by atoms with van der Waals surface area (Å²) >= 11 is 0. The molecule has 2 N–H and O–H groups in total. The van der Waals surface area contributed by atoms with E-state index in [2.05, 4.69) is 10.6 Å². The van der Waals surface area contributed by atoms with E-state index in [-0.39, 0.29) is 34.9 Å². The molecule has 0 aliphatic carbocycles. The number of ether oxygens (including phenoxy) is 2. The summed E-state index contributed by atoms with van der Waals surface area (Å²) in [6.07, 6.45) is 1.48. The monoisotopic (exact) mass is 424 g/mol. The molecule has 2 amide bonds. The molecule has 0 radical (unpaired) electrons. The summed E-state index contributed by atoms with van der Waals surface area (Å²) in [5.74, 6) is -1.39. The topological polar surface area (TPSA) is 128 Å². The van der Waals surface area contributed by atoms with E-state index in [9.17, 15) is 22.8 Å². The van der Waals surface area contributed by atoms with Crippen LogP contribution in [-0.4, -0.2) is 51.9 Å². The third-order valence-corrected chi connectivity index (χ3v) is 5.46. The maximum Gasteiger partial charge on any atom is 0.338 e. The fourth-order valence-electron chi connectivity index (χ4n) is 2.84. The van der Waals surface area contributed by atoms with E-state index < -0.39 is 33.8 Å². The number of urea groups is 1. The van der Waals surface area contributed by atoms with Gasteiger partial charge in [-0.25, -0.2) is 22.8 Å². The summed E-state index contributed by atoms with van der Waals surface area (Å²) in [6, 6.07) is 3.05. The van der Waals surface area contributed by atoms with Crippen molar-refractivity contribution in [2.75, 3.05) is 19.5 Å². The Morgan fingerprint density at radius 2 is 1.83 bits per heavy atom. The Bertz CT molecular complexity index is 967. The van der Waals surface area contributed by atoms with Gasteiger partial charge in [-0.15, -0.1) is 0 Å². The van der Waals surface area contributed by atoms with Gasteiger partial charge in [-0.1, -0.05) is 13.0 Å². The highest BCUT2D eigenvalue weighted by atomic mass is 32.2. The maximum atomic E-state index is 12.5. The second kappa shape index (κ2) is 9.08. The Labute approximate surface area is 169 Å². The van der Waals surface area contributed by atoms with Crippen LogP contribution in [0.25, 0.3) is 0 Å². The number of amides is 2. The summed E-state index contributed by atoms with van der Waals surface area (Å²) in [7, 11) is -3.50. The first-order valence-electron chi connectivity index (χ1n) is 9.04. The Hall–Kier alpha value is -2.88. The van der Waals surface area contributed by atoms with Crippen molar-refractivity contribution in [3.63, 3.8) is 0 Å². The zero-order valence-corrected chi connectivity index (χ0v) is 17.5. The molecule has 1 heterocycles. The van der Waals surface area contributed by atoms with Crippen molar-refractivity contribution in [3.8, 4) is 0 Å². The molecule has 1 aromatic rings. The van der Waals surface area contributed by atoms with E-state index in [0.29, 0.717) is 12.0 Å². The lowest BCUT2D eigenvalue weighted by Gasteiger charge is -2.28. The molecule has 0 aromatic heterocycles. The number of hydrogen-bond donors (Lipinski definition) is 2. The standard InChI is InChI=1S/C19H24N2O7S/c1-5-14-16(18(23)27-6-2)15(21-19(24)20-14)10-28-17(22)13-9-12(29(4,25)26)8-7-11(13)3/h7-9,14H,5-6,10H2,1-4H3,(H2,20,21,24)/t14-/m1/s1. The van der Waals surface area contributed by atoms with Crippen LogP contribution in [0.15, 0.2) is 34.4 Å². The molecule has 2 rings (SSSR count). The van der Waals surface area contributed by atoms with E-state index in [0.717, 1.165) is 6.26 Å². The van der Waals surface area contributed by atoms with Gasteiger partial charge in [0.15, 0.2) is 9.84 Å². The highest BCUT2D eigenvalue weighted by Crippen LogP contribution is 2.20. The molecule has 1 atom stereocenters. The van der Waals surface area contributed by atoms with Crippen molar-refractivity contribution in [1.29, 1.82) is 0 Å². The number of sulfone groups is 1. The second-order valence-electron chi connectivity index (χ2n) is 6.50. The Morgan fingerprint density at radius 1 is 1.14 bits per heavy atom. The zero-order valence-electron chi connectivity index (χ0n) is 16.7. The number of aryl methyl sites for hydroxylation is 1. The molecule has 9 nitrogen and oxygen atoms in total. The molecule has 0 unspecified atom stereocenters. The largest absolute Gasteiger partial charge is 0.463 e. The van der Waals surface area contributed by atoms with Gasteiger partial charge in [-0.05, 0) is 38.0 Å². The van der Waals surface area contributed by atoms with Crippen LogP contribution in [0.5, 0.6) is 0 Å². The van der Waals surface area contributed by atoms with Gasteiger partial charge in [0.1, 0.15) is 6.61 Å². The first kappa shape index (κ1) is 22.4. The van der Waals surface area contributed by atoms with Crippen LogP contribution in [0, 0.1) is 6.92 Å². The van der Waals surface area contributed by atoms with E-state index in [1.54, 1.807) is 20.8 Å². The lowest BCUT2D eigenvalue weighted by atomic mass is 10.0. The molecule has 1 aromatic carbocycles. The van der Waals surface area contributed by atoms with Gasteiger partial charge >= 0.3 is 18.0 Å². The molecule has 0 spiro atoms. The highest BCUT2D eigenvalue weighted by Gasteiger charge is 2.32. The number of carbonyl (C=O) groups is 3. The molecule has 0 fully saturated rings. The van der Waals surface area contributed by atoms with E-state index >= 15 is 0 Å². The van der Waals surface area contributed by atoms with Gasteiger partial charge in [0.2, 0.25) is 0 Å². The third-order valence-electron chi connectivity index (χ3n) is 4.35. The quantitative estimate of drug-likeness (QED) is 0.634. The second-order valence-corrected chi connectivity index (χ2v) is 8.51. The van der Waals surface area contributed by atoms with E-state index in [4.69, 9.17) is 9.47 Å². The lowest BCUT2D eigenvalue weighted by Crippen LogP contribution is -2.51. The average molecular weight is 424 g/mol. The number of esters is 2. The minimum atomic E-state index is -3.50. The van der Waals surface area contributed by atoms with Crippen LogP contribution in [0.2, 0.25) is 0 Å². The van der Waals surface area contributed by atoms with Crippen molar-refractivity contribution in [1.82, 2.24) is 10.6 Å². The highest BCUT2D eigenvalue weighted by molar-refractivity contribution is 7.90. The van der Waals surface area contributed by atoms with Crippen LogP contribution in [0.1, 0.15) is 36.2 Å². The van der Waals surface area contributed by atoms with Crippen LogP contribution in [-0.2, 0) is 24.1 Å². The van der Waals surface area contributed by atoms with Crippen molar-refractivity contribution in [2.24, 2.45) is 0 Å². The molecular formula is C19H24N2O7S. The van der Waals surface area contributed by atoms with Crippen LogP contribution < -0.4 is 10.6 Å². The summed E-state index contributed by atoms with van der Waals surface area (Å²) in [5.41, 5.74) is 0.925. The van der Waals surface area contributed by atoms with E-state index in [1.165, 1.54) is 18.2 Å². The fraction of sp³-hybridized carbons (Fsp3) is 0.421. The molecular weight excluding hydrogens is 400 g/mol. The summed E-state index contributed by atoms with van der Waals surface area (Å²) in [5, 5.41) is 5.10. The maximum absolute atomic E-state index is 12.5.